The maximum absolute atomic E-state index is 5.97. The second kappa shape index (κ2) is 5.61. The van der Waals surface area contributed by atoms with Gasteiger partial charge in [0.1, 0.15) is 0 Å². The number of hydrogen-bond acceptors (Lipinski definition) is 3. The summed E-state index contributed by atoms with van der Waals surface area (Å²) in [6, 6.07) is 11.3. The molecular formula is C16H24N2O. The van der Waals surface area contributed by atoms with Crippen LogP contribution in [-0.4, -0.2) is 43.3 Å². The first-order valence-electron chi connectivity index (χ1n) is 7.41. The van der Waals surface area contributed by atoms with Crippen LogP contribution in [0.3, 0.4) is 0 Å². The highest BCUT2D eigenvalue weighted by Gasteiger charge is 2.35. The summed E-state index contributed by atoms with van der Waals surface area (Å²) in [6.45, 7) is 7.48. The van der Waals surface area contributed by atoms with E-state index in [0.717, 1.165) is 32.8 Å². The zero-order chi connectivity index (χ0) is 13.1. The van der Waals surface area contributed by atoms with Gasteiger partial charge in [0.15, 0.2) is 0 Å². The maximum Gasteiger partial charge on any atom is 0.0781 e. The Morgan fingerprint density at radius 3 is 2.95 bits per heavy atom. The Kier molecular flexibility index (Phi) is 3.87. The van der Waals surface area contributed by atoms with Gasteiger partial charge in [0, 0.05) is 38.8 Å². The van der Waals surface area contributed by atoms with Gasteiger partial charge in [0.2, 0.25) is 0 Å². The minimum absolute atomic E-state index is 0.0599. The van der Waals surface area contributed by atoms with Crippen molar-refractivity contribution in [2.24, 2.45) is 0 Å². The van der Waals surface area contributed by atoms with Gasteiger partial charge in [0.25, 0.3) is 0 Å². The van der Waals surface area contributed by atoms with Crippen molar-refractivity contribution in [3.63, 3.8) is 0 Å². The molecule has 2 aliphatic heterocycles. The Morgan fingerprint density at radius 2 is 2.21 bits per heavy atom. The molecule has 0 bridgehead atoms. The molecule has 2 aliphatic rings. The van der Waals surface area contributed by atoms with E-state index < -0.39 is 0 Å². The Balaban J connectivity index is 1.74. The van der Waals surface area contributed by atoms with Crippen LogP contribution in [0.25, 0.3) is 0 Å². The molecule has 2 fully saturated rings. The Hall–Kier alpha value is -0.900. The molecule has 2 atom stereocenters. The van der Waals surface area contributed by atoms with Crippen molar-refractivity contribution in [1.82, 2.24) is 10.2 Å². The van der Waals surface area contributed by atoms with E-state index in [2.05, 4.69) is 47.5 Å². The van der Waals surface area contributed by atoms with Crippen molar-refractivity contribution in [1.29, 1.82) is 0 Å². The van der Waals surface area contributed by atoms with Gasteiger partial charge < -0.3 is 10.1 Å². The molecule has 0 aliphatic carbocycles. The minimum atomic E-state index is 0.0599. The molecule has 1 aromatic rings. The summed E-state index contributed by atoms with van der Waals surface area (Å²) in [7, 11) is 0. The van der Waals surface area contributed by atoms with Crippen molar-refractivity contribution >= 4 is 0 Å². The predicted molar refractivity (Wildman–Crippen MR) is 77.2 cm³/mol. The summed E-state index contributed by atoms with van der Waals surface area (Å²) in [6.07, 6.45) is 2.40. The molecule has 3 nitrogen and oxygen atoms in total. The molecule has 0 saturated carbocycles. The SMILES string of the molecule is CC1(CN2CCNCC2c2ccccc2)CCCO1. The van der Waals surface area contributed by atoms with E-state index in [9.17, 15) is 0 Å². The molecule has 19 heavy (non-hydrogen) atoms. The van der Waals surface area contributed by atoms with E-state index in [1.165, 1.54) is 18.4 Å². The number of nitrogens with zero attached hydrogens (tertiary/aromatic N) is 1. The highest BCUT2D eigenvalue weighted by molar-refractivity contribution is 5.20. The predicted octanol–water partition coefficient (Wildman–Crippen LogP) is 2.20. The average Bonchev–Trinajstić information content (AvgIpc) is 2.87. The molecule has 2 saturated heterocycles. The molecular weight excluding hydrogens is 236 g/mol. The second-order valence-corrected chi connectivity index (χ2v) is 6.00. The van der Waals surface area contributed by atoms with Crippen molar-refractivity contribution in [2.45, 2.75) is 31.4 Å². The fourth-order valence-corrected chi connectivity index (χ4v) is 3.33. The van der Waals surface area contributed by atoms with Crippen LogP contribution in [0.1, 0.15) is 31.4 Å². The van der Waals surface area contributed by atoms with Crippen molar-refractivity contribution in [3.8, 4) is 0 Å². The van der Waals surface area contributed by atoms with E-state index >= 15 is 0 Å². The van der Waals surface area contributed by atoms with E-state index in [0.29, 0.717) is 6.04 Å². The first kappa shape index (κ1) is 13.1. The van der Waals surface area contributed by atoms with E-state index in [1.807, 2.05) is 0 Å². The minimum Gasteiger partial charge on any atom is -0.374 e. The molecule has 3 rings (SSSR count). The number of hydrogen-bond donors (Lipinski definition) is 1. The maximum atomic E-state index is 5.97. The fraction of sp³-hybridized carbons (Fsp3) is 0.625. The lowest BCUT2D eigenvalue weighted by molar-refractivity contribution is -0.0234. The van der Waals surface area contributed by atoms with Crippen LogP contribution in [0.15, 0.2) is 30.3 Å². The summed E-state index contributed by atoms with van der Waals surface area (Å²) in [4.78, 5) is 2.59. The van der Waals surface area contributed by atoms with Gasteiger partial charge in [-0.05, 0) is 25.3 Å². The van der Waals surface area contributed by atoms with Crippen molar-refractivity contribution in [3.05, 3.63) is 35.9 Å². The molecule has 0 radical (unpaired) electrons. The summed E-state index contributed by atoms with van der Waals surface area (Å²) >= 11 is 0. The summed E-state index contributed by atoms with van der Waals surface area (Å²) in [5, 5.41) is 3.52. The van der Waals surface area contributed by atoms with Crippen LogP contribution in [0.5, 0.6) is 0 Å². The Labute approximate surface area is 115 Å². The molecule has 1 N–H and O–H groups in total. The lowest BCUT2D eigenvalue weighted by Crippen LogP contribution is -2.51. The van der Waals surface area contributed by atoms with Crippen LogP contribution in [0.4, 0.5) is 0 Å². The molecule has 0 aromatic heterocycles. The number of ether oxygens (including phenoxy) is 1. The number of rotatable bonds is 3. The Morgan fingerprint density at radius 1 is 1.37 bits per heavy atom. The number of nitrogens with one attached hydrogen (secondary N) is 1. The van der Waals surface area contributed by atoms with Gasteiger partial charge in [-0.2, -0.15) is 0 Å². The zero-order valence-corrected chi connectivity index (χ0v) is 11.8. The highest BCUT2D eigenvalue weighted by Crippen LogP contribution is 2.30. The fourth-order valence-electron chi connectivity index (χ4n) is 3.33. The zero-order valence-electron chi connectivity index (χ0n) is 11.8. The second-order valence-electron chi connectivity index (χ2n) is 6.00. The first-order valence-corrected chi connectivity index (χ1v) is 7.41. The lowest BCUT2D eigenvalue weighted by atomic mass is 9.97. The van der Waals surface area contributed by atoms with Crippen LogP contribution in [-0.2, 0) is 4.74 Å². The van der Waals surface area contributed by atoms with Gasteiger partial charge in [-0.3, -0.25) is 4.90 Å². The van der Waals surface area contributed by atoms with Crippen LogP contribution < -0.4 is 5.32 Å². The van der Waals surface area contributed by atoms with Crippen LogP contribution >= 0.6 is 0 Å². The summed E-state index contributed by atoms with van der Waals surface area (Å²) < 4.78 is 5.97. The van der Waals surface area contributed by atoms with Gasteiger partial charge in [-0.25, -0.2) is 0 Å². The van der Waals surface area contributed by atoms with Gasteiger partial charge >= 0.3 is 0 Å². The van der Waals surface area contributed by atoms with Gasteiger partial charge in [-0.1, -0.05) is 30.3 Å². The smallest absolute Gasteiger partial charge is 0.0781 e. The highest BCUT2D eigenvalue weighted by atomic mass is 16.5. The normalized spacial score (nSPS) is 32.6. The first-order chi connectivity index (χ1) is 9.27. The molecule has 0 amide bonds. The largest absolute Gasteiger partial charge is 0.374 e. The topological polar surface area (TPSA) is 24.5 Å². The summed E-state index contributed by atoms with van der Waals surface area (Å²) in [5.41, 5.74) is 1.47. The quantitative estimate of drug-likeness (QED) is 0.901. The number of benzene rings is 1. The van der Waals surface area contributed by atoms with E-state index in [1.54, 1.807) is 0 Å². The molecule has 2 unspecified atom stereocenters. The van der Waals surface area contributed by atoms with E-state index in [-0.39, 0.29) is 5.60 Å². The van der Waals surface area contributed by atoms with Gasteiger partial charge in [0.05, 0.1) is 5.60 Å². The molecule has 104 valence electrons. The van der Waals surface area contributed by atoms with E-state index in [4.69, 9.17) is 4.74 Å². The van der Waals surface area contributed by atoms with Crippen LogP contribution in [0.2, 0.25) is 0 Å². The monoisotopic (exact) mass is 260 g/mol. The standard InChI is InChI=1S/C16H24N2O/c1-16(8-5-11-19-16)13-18-10-9-17-12-15(18)14-6-3-2-4-7-14/h2-4,6-7,15,17H,5,8-13H2,1H3. The summed E-state index contributed by atoms with van der Waals surface area (Å²) in [5.74, 6) is 0. The van der Waals surface area contributed by atoms with Crippen molar-refractivity contribution in [2.75, 3.05) is 32.8 Å². The third-order valence-electron chi connectivity index (χ3n) is 4.38. The molecule has 1 aromatic carbocycles. The molecule has 2 heterocycles. The third kappa shape index (κ3) is 2.99. The average molecular weight is 260 g/mol. The van der Waals surface area contributed by atoms with Crippen molar-refractivity contribution < 1.29 is 4.74 Å². The lowest BCUT2D eigenvalue weighted by Gasteiger charge is -2.40. The number of piperazine rings is 1. The molecule has 3 heteroatoms. The van der Waals surface area contributed by atoms with Gasteiger partial charge in [-0.15, -0.1) is 0 Å². The third-order valence-corrected chi connectivity index (χ3v) is 4.38. The van der Waals surface area contributed by atoms with Crippen LogP contribution in [0, 0.1) is 0 Å². The molecule has 0 spiro atoms. The Bertz CT molecular complexity index is 400.